The Morgan fingerprint density at radius 3 is 3.18 bits per heavy atom. The van der Waals surface area contributed by atoms with Crippen molar-refractivity contribution < 1.29 is 5.11 Å². The van der Waals surface area contributed by atoms with Crippen molar-refractivity contribution in [1.29, 1.82) is 0 Å². The number of hydrogen-bond donors (Lipinski definition) is 1. The van der Waals surface area contributed by atoms with Crippen LogP contribution in [0, 0.1) is 11.8 Å². The molecule has 3 rings (SSSR count). The maximum atomic E-state index is 9.38. The summed E-state index contributed by atoms with van der Waals surface area (Å²) in [6.45, 7) is 2.94. The van der Waals surface area contributed by atoms with Crippen LogP contribution >= 0.6 is 0 Å². The van der Waals surface area contributed by atoms with Gasteiger partial charge in [-0.25, -0.2) is 0 Å². The van der Waals surface area contributed by atoms with Gasteiger partial charge in [0, 0.05) is 12.1 Å². The summed E-state index contributed by atoms with van der Waals surface area (Å²) in [4.78, 5) is 2.53. The first kappa shape index (κ1) is 6.44. The first-order valence-electron chi connectivity index (χ1n) is 4.73. The molecule has 2 saturated heterocycles. The van der Waals surface area contributed by atoms with Crippen LogP contribution in [0.15, 0.2) is 0 Å². The van der Waals surface area contributed by atoms with Gasteiger partial charge in [-0.3, -0.25) is 4.90 Å². The second kappa shape index (κ2) is 1.80. The standard InChI is InChI=1S/C9H15NO/c11-6-9-2-1-3-10(9)5-7-4-8(7)9/h7-8,11H,1-6H2. The zero-order valence-corrected chi connectivity index (χ0v) is 6.79. The molecule has 3 unspecified atom stereocenters. The van der Waals surface area contributed by atoms with Crippen LogP contribution < -0.4 is 0 Å². The smallest absolute Gasteiger partial charge is 0.0618 e. The van der Waals surface area contributed by atoms with Crippen molar-refractivity contribution in [2.45, 2.75) is 24.8 Å². The van der Waals surface area contributed by atoms with Gasteiger partial charge in [-0.05, 0) is 37.6 Å². The van der Waals surface area contributed by atoms with Crippen molar-refractivity contribution in [3.05, 3.63) is 0 Å². The summed E-state index contributed by atoms with van der Waals surface area (Å²) in [7, 11) is 0. The third-order valence-electron chi connectivity index (χ3n) is 4.01. The van der Waals surface area contributed by atoms with E-state index in [0.717, 1.165) is 11.8 Å². The Bertz CT molecular complexity index is 194. The van der Waals surface area contributed by atoms with E-state index in [1.807, 2.05) is 0 Å². The SMILES string of the molecule is OCC12CCCN1CC1CC12. The van der Waals surface area contributed by atoms with E-state index in [4.69, 9.17) is 0 Å². The highest BCUT2D eigenvalue weighted by molar-refractivity contribution is 5.16. The average molecular weight is 153 g/mol. The Morgan fingerprint density at radius 1 is 1.55 bits per heavy atom. The number of nitrogens with zero attached hydrogens (tertiary/aromatic N) is 1. The van der Waals surface area contributed by atoms with Gasteiger partial charge >= 0.3 is 0 Å². The monoisotopic (exact) mass is 153 g/mol. The van der Waals surface area contributed by atoms with Gasteiger partial charge in [0.15, 0.2) is 0 Å². The lowest BCUT2D eigenvalue weighted by Crippen LogP contribution is -2.45. The molecule has 3 aliphatic rings. The predicted octanol–water partition coefficient (Wildman–Crippen LogP) is 0.463. The highest BCUT2D eigenvalue weighted by atomic mass is 16.3. The number of aliphatic hydroxyl groups excluding tert-OH is 1. The molecule has 0 radical (unpaired) electrons. The minimum atomic E-state index is 0.269. The van der Waals surface area contributed by atoms with E-state index in [-0.39, 0.29) is 5.54 Å². The van der Waals surface area contributed by atoms with Crippen molar-refractivity contribution in [1.82, 2.24) is 4.90 Å². The van der Waals surface area contributed by atoms with Gasteiger partial charge < -0.3 is 5.11 Å². The van der Waals surface area contributed by atoms with Gasteiger partial charge in [-0.2, -0.15) is 0 Å². The number of fused-ring (bicyclic) bond motifs is 3. The van der Waals surface area contributed by atoms with Crippen molar-refractivity contribution in [3.8, 4) is 0 Å². The molecule has 62 valence electrons. The molecule has 3 fully saturated rings. The van der Waals surface area contributed by atoms with Crippen LogP contribution in [0.1, 0.15) is 19.3 Å². The number of rotatable bonds is 1. The molecule has 0 spiro atoms. The van der Waals surface area contributed by atoms with Crippen LogP contribution in [0.5, 0.6) is 0 Å². The second-order valence-electron chi connectivity index (χ2n) is 4.41. The fraction of sp³-hybridized carbons (Fsp3) is 1.00. The zero-order valence-electron chi connectivity index (χ0n) is 6.79. The fourth-order valence-corrected chi connectivity index (χ4v) is 3.34. The molecule has 0 aromatic heterocycles. The van der Waals surface area contributed by atoms with E-state index in [1.165, 1.54) is 32.4 Å². The number of hydrogen-bond acceptors (Lipinski definition) is 2. The Labute approximate surface area is 67.2 Å². The third-order valence-corrected chi connectivity index (χ3v) is 4.01. The molecule has 2 aliphatic heterocycles. The molecule has 2 nitrogen and oxygen atoms in total. The lowest BCUT2D eigenvalue weighted by Gasteiger charge is -2.32. The van der Waals surface area contributed by atoms with Gasteiger partial charge in [0.2, 0.25) is 0 Å². The largest absolute Gasteiger partial charge is 0.394 e. The average Bonchev–Trinajstić information content (AvgIpc) is 2.59. The third kappa shape index (κ3) is 0.611. The lowest BCUT2D eigenvalue weighted by atomic mass is 9.93. The molecule has 0 aromatic rings. The van der Waals surface area contributed by atoms with Crippen molar-refractivity contribution in [3.63, 3.8) is 0 Å². The highest BCUT2D eigenvalue weighted by Gasteiger charge is 2.62. The quantitative estimate of drug-likeness (QED) is 0.591. The lowest BCUT2D eigenvalue weighted by molar-refractivity contribution is 0.0755. The molecular formula is C9H15NO. The van der Waals surface area contributed by atoms with Gasteiger partial charge in [-0.15, -0.1) is 0 Å². The number of aliphatic hydroxyl groups is 1. The maximum Gasteiger partial charge on any atom is 0.0618 e. The van der Waals surface area contributed by atoms with E-state index < -0.39 is 0 Å². The molecule has 2 heteroatoms. The molecule has 0 amide bonds. The Kier molecular flexibility index (Phi) is 1.06. The second-order valence-corrected chi connectivity index (χ2v) is 4.41. The Morgan fingerprint density at radius 2 is 2.45 bits per heavy atom. The summed E-state index contributed by atoms with van der Waals surface area (Å²) in [5.41, 5.74) is 0.269. The molecular weight excluding hydrogens is 138 g/mol. The summed E-state index contributed by atoms with van der Waals surface area (Å²) in [6, 6.07) is 0. The minimum absolute atomic E-state index is 0.269. The first-order chi connectivity index (χ1) is 5.37. The molecule has 2 heterocycles. The zero-order chi connectivity index (χ0) is 7.47. The van der Waals surface area contributed by atoms with Crippen molar-refractivity contribution in [2.24, 2.45) is 11.8 Å². The van der Waals surface area contributed by atoms with Crippen LogP contribution in [-0.4, -0.2) is 35.2 Å². The summed E-state index contributed by atoms with van der Waals surface area (Å²) < 4.78 is 0. The van der Waals surface area contributed by atoms with Gasteiger partial charge in [-0.1, -0.05) is 0 Å². The van der Waals surface area contributed by atoms with E-state index in [0.29, 0.717) is 6.61 Å². The summed E-state index contributed by atoms with van der Waals surface area (Å²) in [5, 5.41) is 9.38. The first-order valence-corrected chi connectivity index (χ1v) is 4.73. The highest BCUT2D eigenvalue weighted by Crippen LogP contribution is 2.59. The maximum absolute atomic E-state index is 9.38. The van der Waals surface area contributed by atoms with Crippen LogP contribution in [0.25, 0.3) is 0 Å². The van der Waals surface area contributed by atoms with E-state index in [2.05, 4.69) is 4.90 Å². The van der Waals surface area contributed by atoms with Crippen molar-refractivity contribution >= 4 is 0 Å². The molecule has 1 N–H and O–H groups in total. The number of piperidine rings is 1. The van der Waals surface area contributed by atoms with Crippen LogP contribution in [-0.2, 0) is 0 Å². The van der Waals surface area contributed by atoms with Gasteiger partial charge in [0.1, 0.15) is 0 Å². The van der Waals surface area contributed by atoms with Crippen LogP contribution in [0.2, 0.25) is 0 Å². The molecule has 1 aliphatic carbocycles. The summed E-state index contributed by atoms with van der Waals surface area (Å²) >= 11 is 0. The molecule has 1 saturated carbocycles. The van der Waals surface area contributed by atoms with Crippen molar-refractivity contribution in [2.75, 3.05) is 19.7 Å². The Hall–Kier alpha value is -0.0800. The molecule has 0 aromatic carbocycles. The van der Waals surface area contributed by atoms with Crippen LogP contribution in [0.3, 0.4) is 0 Å². The Balaban J connectivity index is 1.95. The van der Waals surface area contributed by atoms with E-state index in [1.54, 1.807) is 0 Å². The molecule has 0 bridgehead atoms. The van der Waals surface area contributed by atoms with Gasteiger partial charge in [0.25, 0.3) is 0 Å². The van der Waals surface area contributed by atoms with Gasteiger partial charge in [0.05, 0.1) is 6.61 Å². The van der Waals surface area contributed by atoms with E-state index >= 15 is 0 Å². The topological polar surface area (TPSA) is 23.5 Å². The summed E-state index contributed by atoms with van der Waals surface area (Å²) in [6.07, 6.45) is 3.96. The summed E-state index contributed by atoms with van der Waals surface area (Å²) in [5.74, 6) is 1.83. The molecule has 11 heavy (non-hydrogen) atoms. The predicted molar refractivity (Wildman–Crippen MR) is 42.2 cm³/mol. The normalized spacial score (nSPS) is 54.3. The van der Waals surface area contributed by atoms with Crippen LogP contribution in [0.4, 0.5) is 0 Å². The molecule has 3 atom stereocenters. The fourth-order valence-electron chi connectivity index (χ4n) is 3.34. The minimum Gasteiger partial charge on any atom is -0.394 e. The van der Waals surface area contributed by atoms with E-state index in [9.17, 15) is 5.11 Å².